The average molecular weight is 491 g/mol. The molecule has 0 aliphatic carbocycles. The van der Waals surface area contributed by atoms with Gasteiger partial charge in [0, 0.05) is 24.7 Å². The number of nitrogens with one attached hydrogen (secondary N) is 2. The number of fused-ring (bicyclic) bond motifs is 3. The van der Waals surface area contributed by atoms with Crippen LogP contribution in [0.15, 0.2) is 71.6 Å². The Hall–Kier alpha value is -2.21. The van der Waals surface area contributed by atoms with E-state index in [9.17, 15) is 8.42 Å². The predicted molar refractivity (Wildman–Crippen MR) is 144 cm³/mol. The molecule has 2 aliphatic rings. The lowest BCUT2D eigenvalue weighted by Crippen LogP contribution is -2.50. The lowest BCUT2D eigenvalue weighted by molar-refractivity contribution is 0.409. The highest BCUT2D eigenvalue weighted by molar-refractivity contribution is 7.92. The molecule has 2 aliphatic heterocycles. The highest BCUT2D eigenvalue weighted by Gasteiger charge is 2.53. The summed E-state index contributed by atoms with van der Waals surface area (Å²) < 4.78 is 27.6. The third kappa shape index (κ3) is 5.32. The summed E-state index contributed by atoms with van der Waals surface area (Å²) >= 11 is 0. The summed E-state index contributed by atoms with van der Waals surface area (Å²) in [5, 5.41) is 9.23. The quantitative estimate of drug-likeness (QED) is 0.334. The van der Waals surface area contributed by atoms with Crippen molar-refractivity contribution >= 4 is 20.6 Å². The fraction of sp³-hybridized carbons (Fsp3) is 0.467. The molecule has 3 aromatic rings. The fourth-order valence-electron chi connectivity index (χ4n) is 6.01. The molecule has 0 amide bonds. The number of benzene rings is 3. The molecule has 2 heterocycles. The third-order valence-electron chi connectivity index (χ3n) is 7.94. The van der Waals surface area contributed by atoms with Crippen molar-refractivity contribution in [3.05, 3.63) is 77.9 Å². The number of hydrogen-bond acceptors (Lipinski definition) is 4. The van der Waals surface area contributed by atoms with Crippen LogP contribution in [0.1, 0.15) is 63.0 Å². The minimum atomic E-state index is -3.43. The summed E-state index contributed by atoms with van der Waals surface area (Å²) in [6.45, 7) is 2.90. The SMILES string of the molecule is CCCCCCCc1ccc(S(=O)(=O)C2C3CCC(N3)C2NCc2ccc3ccccc3c2)cc1. The van der Waals surface area contributed by atoms with E-state index in [1.54, 1.807) is 0 Å². The van der Waals surface area contributed by atoms with Gasteiger partial charge >= 0.3 is 0 Å². The Balaban J connectivity index is 1.27. The van der Waals surface area contributed by atoms with Crippen molar-refractivity contribution in [2.24, 2.45) is 0 Å². The maximum atomic E-state index is 13.8. The van der Waals surface area contributed by atoms with Crippen molar-refractivity contribution in [1.82, 2.24) is 10.6 Å². The maximum Gasteiger partial charge on any atom is 0.184 e. The van der Waals surface area contributed by atoms with Gasteiger partial charge in [0.25, 0.3) is 0 Å². The third-order valence-corrected chi connectivity index (χ3v) is 10.2. The van der Waals surface area contributed by atoms with Crippen molar-refractivity contribution in [3.8, 4) is 0 Å². The largest absolute Gasteiger partial charge is 0.308 e. The van der Waals surface area contributed by atoms with Gasteiger partial charge in [0.05, 0.1) is 10.1 Å². The van der Waals surface area contributed by atoms with Crippen LogP contribution in [0.3, 0.4) is 0 Å². The van der Waals surface area contributed by atoms with Gasteiger partial charge < -0.3 is 10.6 Å². The van der Waals surface area contributed by atoms with Crippen molar-refractivity contribution < 1.29 is 8.42 Å². The minimum absolute atomic E-state index is 0.0253. The number of rotatable bonds is 11. The Kier molecular flexibility index (Phi) is 7.56. The molecule has 35 heavy (non-hydrogen) atoms. The molecule has 0 saturated carbocycles. The van der Waals surface area contributed by atoms with Gasteiger partial charge in [0.15, 0.2) is 9.84 Å². The summed E-state index contributed by atoms with van der Waals surface area (Å²) in [5.74, 6) is 0. The molecular formula is C30H38N2O2S. The van der Waals surface area contributed by atoms with Crippen LogP contribution in [0.4, 0.5) is 0 Å². The molecule has 2 saturated heterocycles. The van der Waals surface area contributed by atoms with Crippen LogP contribution >= 0.6 is 0 Å². The topological polar surface area (TPSA) is 58.2 Å². The second-order valence-corrected chi connectivity index (χ2v) is 12.5. The highest BCUT2D eigenvalue weighted by atomic mass is 32.2. The van der Waals surface area contributed by atoms with Crippen LogP contribution in [0, 0.1) is 0 Å². The van der Waals surface area contributed by atoms with Gasteiger partial charge in [0.1, 0.15) is 0 Å². The molecule has 4 unspecified atom stereocenters. The second-order valence-electron chi connectivity index (χ2n) is 10.4. The first-order valence-corrected chi connectivity index (χ1v) is 14.9. The molecule has 2 fully saturated rings. The van der Waals surface area contributed by atoms with Gasteiger partial charge in [-0.25, -0.2) is 8.42 Å². The smallest absolute Gasteiger partial charge is 0.184 e. The first-order valence-electron chi connectivity index (χ1n) is 13.4. The summed E-state index contributed by atoms with van der Waals surface area (Å²) in [4.78, 5) is 0.462. The van der Waals surface area contributed by atoms with E-state index in [2.05, 4.69) is 60.0 Å². The zero-order valence-corrected chi connectivity index (χ0v) is 21.6. The van der Waals surface area contributed by atoms with E-state index in [1.807, 2.05) is 24.3 Å². The predicted octanol–water partition coefficient (Wildman–Crippen LogP) is 5.79. The summed E-state index contributed by atoms with van der Waals surface area (Å²) in [6.07, 6.45) is 9.23. The van der Waals surface area contributed by atoms with Crippen LogP contribution < -0.4 is 10.6 Å². The summed E-state index contributed by atoms with van der Waals surface area (Å²) in [7, 11) is -3.43. The van der Waals surface area contributed by atoms with Gasteiger partial charge in [-0.2, -0.15) is 0 Å². The van der Waals surface area contributed by atoms with E-state index in [-0.39, 0.29) is 18.1 Å². The lowest BCUT2D eigenvalue weighted by Gasteiger charge is -2.30. The van der Waals surface area contributed by atoms with Gasteiger partial charge in [-0.05, 0) is 65.8 Å². The van der Waals surface area contributed by atoms with E-state index in [0.29, 0.717) is 11.4 Å². The molecule has 186 valence electrons. The number of sulfone groups is 1. The van der Waals surface area contributed by atoms with E-state index >= 15 is 0 Å². The van der Waals surface area contributed by atoms with Crippen molar-refractivity contribution in [2.75, 3.05) is 0 Å². The van der Waals surface area contributed by atoms with Crippen molar-refractivity contribution in [3.63, 3.8) is 0 Å². The molecule has 0 spiro atoms. The lowest BCUT2D eigenvalue weighted by atomic mass is 9.94. The van der Waals surface area contributed by atoms with Gasteiger partial charge in [-0.3, -0.25) is 0 Å². The Bertz CT molecular complexity index is 1240. The fourth-order valence-corrected chi connectivity index (χ4v) is 8.16. The monoisotopic (exact) mass is 490 g/mol. The molecule has 4 atom stereocenters. The van der Waals surface area contributed by atoms with E-state index < -0.39 is 15.1 Å². The number of hydrogen-bond donors (Lipinski definition) is 2. The van der Waals surface area contributed by atoms with Crippen molar-refractivity contribution in [2.45, 2.75) is 93.1 Å². The first kappa shape index (κ1) is 24.5. The normalized spacial score (nSPS) is 23.8. The van der Waals surface area contributed by atoms with E-state index in [4.69, 9.17) is 0 Å². The second kappa shape index (κ2) is 10.8. The molecule has 0 radical (unpaired) electrons. The zero-order chi connectivity index (χ0) is 24.3. The Morgan fingerprint density at radius 1 is 0.829 bits per heavy atom. The van der Waals surface area contributed by atoms with Crippen LogP contribution in [0.25, 0.3) is 10.8 Å². The summed E-state index contributed by atoms with van der Waals surface area (Å²) in [5.41, 5.74) is 2.42. The molecule has 2 bridgehead atoms. The Morgan fingerprint density at radius 3 is 2.34 bits per heavy atom. The van der Waals surface area contributed by atoms with Gasteiger partial charge in [-0.1, -0.05) is 81.1 Å². The number of unbranched alkanes of at least 4 members (excludes halogenated alkanes) is 4. The van der Waals surface area contributed by atoms with Crippen LogP contribution in [-0.2, 0) is 22.8 Å². The van der Waals surface area contributed by atoms with Crippen molar-refractivity contribution in [1.29, 1.82) is 0 Å². The standard InChI is InChI=1S/C30H38N2O2S/c1-2-3-4-5-6-9-22-13-16-26(17-14-22)35(33,34)30-28-19-18-27(32-28)29(30)31-21-23-12-15-24-10-7-8-11-25(24)20-23/h7-8,10-17,20,27-32H,2-6,9,18-19,21H2,1H3. The van der Waals surface area contributed by atoms with Gasteiger partial charge in [-0.15, -0.1) is 0 Å². The Morgan fingerprint density at radius 2 is 1.54 bits per heavy atom. The minimum Gasteiger partial charge on any atom is -0.308 e. The Labute approximate surface area is 210 Å². The molecule has 5 rings (SSSR count). The zero-order valence-electron chi connectivity index (χ0n) is 20.7. The van der Waals surface area contributed by atoms with E-state index in [0.717, 1.165) is 19.3 Å². The molecular weight excluding hydrogens is 452 g/mol. The van der Waals surface area contributed by atoms with Gasteiger partial charge in [0.2, 0.25) is 0 Å². The molecule has 2 N–H and O–H groups in total. The van der Waals surface area contributed by atoms with E-state index in [1.165, 1.54) is 54.0 Å². The summed E-state index contributed by atoms with van der Waals surface area (Å²) in [6, 6.07) is 22.7. The molecule has 3 aromatic carbocycles. The first-order chi connectivity index (χ1) is 17.1. The highest BCUT2D eigenvalue weighted by Crippen LogP contribution is 2.36. The average Bonchev–Trinajstić information content (AvgIpc) is 3.50. The van der Waals surface area contributed by atoms with Crippen LogP contribution in [0.5, 0.6) is 0 Å². The van der Waals surface area contributed by atoms with Crippen LogP contribution in [-0.4, -0.2) is 31.8 Å². The maximum absolute atomic E-state index is 13.8. The van der Waals surface area contributed by atoms with Crippen LogP contribution in [0.2, 0.25) is 0 Å². The molecule has 0 aromatic heterocycles. The molecule has 4 nitrogen and oxygen atoms in total. The number of aryl methyl sites for hydroxylation is 1. The molecule has 5 heteroatoms.